The predicted molar refractivity (Wildman–Crippen MR) is 54.2 cm³/mol. The van der Waals surface area contributed by atoms with Crippen LogP contribution in [0.3, 0.4) is 0 Å². The standard InChI is InChI=1S/C9H13ClN2O/c1-6-3-8(10)12-9(4-6)11-7(2)5-13/h3-4,7,13H,5H2,1-2H3,(H,11,12). The molecule has 0 fully saturated rings. The first-order valence-electron chi connectivity index (χ1n) is 4.13. The van der Waals surface area contributed by atoms with Crippen LogP contribution in [-0.2, 0) is 0 Å². The maximum absolute atomic E-state index is 8.81. The van der Waals surface area contributed by atoms with Gasteiger partial charge in [-0.2, -0.15) is 0 Å². The van der Waals surface area contributed by atoms with Gasteiger partial charge in [0.25, 0.3) is 0 Å². The van der Waals surface area contributed by atoms with Gasteiger partial charge < -0.3 is 10.4 Å². The third-order valence-corrected chi connectivity index (χ3v) is 1.80. The van der Waals surface area contributed by atoms with Gasteiger partial charge >= 0.3 is 0 Å². The van der Waals surface area contributed by atoms with E-state index >= 15 is 0 Å². The van der Waals surface area contributed by atoms with Gasteiger partial charge in [0.05, 0.1) is 6.61 Å². The van der Waals surface area contributed by atoms with Crippen LogP contribution in [0.5, 0.6) is 0 Å². The van der Waals surface area contributed by atoms with Crippen molar-refractivity contribution in [2.24, 2.45) is 0 Å². The first-order chi connectivity index (χ1) is 6.11. The topological polar surface area (TPSA) is 45.2 Å². The molecule has 0 aliphatic heterocycles. The monoisotopic (exact) mass is 200 g/mol. The number of hydrogen-bond donors (Lipinski definition) is 2. The Kier molecular flexibility index (Phi) is 3.51. The normalized spacial score (nSPS) is 12.6. The van der Waals surface area contributed by atoms with Gasteiger partial charge in [-0.1, -0.05) is 11.6 Å². The van der Waals surface area contributed by atoms with Crippen molar-refractivity contribution in [3.63, 3.8) is 0 Å². The molecule has 4 heteroatoms. The molecular formula is C9H13ClN2O. The molecule has 0 aromatic carbocycles. The number of aliphatic hydroxyl groups excluding tert-OH is 1. The fourth-order valence-corrected chi connectivity index (χ4v) is 1.26. The summed E-state index contributed by atoms with van der Waals surface area (Å²) in [7, 11) is 0. The summed E-state index contributed by atoms with van der Waals surface area (Å²) in [6.07, 6.45) is 0. The molecule has 1 aromatic rings. The molecule has 3 nitrogen and oxygen atoms in total. The zero-order chi connectivity index (χ0) is 9.84. The number of aromatic nitrogens is 1. The number of pyridine rings is 1. The number of aliphatic hydroxyl groups is 1. The lowest BCUT2D eigenvalue weighted by Crippen LogP contribution is -2.20. The van der Waals surface area contributed by atoms with Crippen molar-refractivity contribution in [2.75, 3.05) is 11.9 Å². The summed E-state index contributed by atoms with van der Waals surface area (Å²) >= 11 is 5.76. The average molecular weight is 201 g/mol. The molecule has 0 radical (unpaired) electrons. The molecule has 2 N–H and O–H groups in total. The molecule has 0 aliphatic rings. The highest BCUT2D eigenvalue weighted by Gasteiger charge is 2.02. The Labute approximate surface area is 82.8 Å². The summed E-state index contributed by atoms with van der Waals surface area (Å²) in [5.74, 6) is 0.701. The second kappa shape index (κ2) is 4.44. The zero-order valence-corrected chi connectivity index (χ0v) is 8.47. The lowest BCUT2D eigenvalue weighted by Gasteiger charge is -2.11. The average Bonchev–Trinajstić information content (AvgIpc) is 2.02. The number of hydrogen-bond acceptors (Lipinski definition) is 3. The summed E-state index contributed by atoms with van der Waals surface area (Å²) in [5.41, 5.74) is 1.05. The first-order valence-corrected chi connectivity index (χ1v) is 4.51. The molecule has 0 aliphatic carbocycles. The van der Waals surface area contributed by atoms with Crippen molar-refractivity contribution in [2.45, 2.75) is 19.9 Å². The van der Waals surface area contributed by atoms with Gasteiger partial charge in [0.15, 0.2) is 0 Å². The van der Waals surface area contributed by atoms with E-state index in [1.54, 1.807) is 6.07 Å². The Balaban J connectivity index is 2.77. The fourth-order valence-electron chi connectivity index (χ4n) is 0.997. The van der Waals surface area contributed by atoms with Crippen LogP contribution >= 0.6 is 11.6 Å². The molecule has 0 bridgehead atoms. The van der Waals surface area contributed by atoms with Crippen LogP contribution in [0.2, 0.25) is 5.15 Å². The molecule has 0 spiro atoms. The van der Waals surface area contributed by atoms with E-state index in [2.05, 4.69) is 10.3 Å². The van der Waals surface area contributed by atoms with Gasteiger partial charge in [-0.25, -0.2) is 4.98 Å². The second-order valence-corrected chi connectivity index (χ2v) is 3.47. The van der Waals surface area contributed by atoms with Gasteiger partial charge in [-0.15, -0.1) is 0 Å². The minimum atomic E-state index is -0.00892. The maximum Gasteiger partial charge on any atom is 0.131 e. The van der Waals surface area contributed by atoms with Crippen LogP contribution in [0, 0.1) is 6.92 Å². The van der Waals surface area contributed by atoms with E-state index in [0.717, 1.165) is 5.56 Å². The van der Waals surface area contributed by atoms with E-state index in [9.17, 15) is 0 Å². The maximum atomic E-state index is 8.81. The molecule has 13 heavy (non-hydrogen) atoms. The molecule has 1 rings (SSSR count). The fraction of sp³-hybridized carbons (Fsp3) is 0.444. The molecule has 1 aromatic heterocycles. The van der Waals surface area contributed by atoms with Crippen molar-refractivity contribution in [1.82, 2.24) is 4.98 Å². The largest absolute Gasteiger partial charge is 0.394 e. The highest BCUT2D eigenvalue weighted by atomic mass is 35.5. The van der Waals surface area contributed by atoms with Gasteiger partial charge in [0, 0.05) is 6.04 Å². The summed E-state index contributed by atoms with van der Waals surface area (Å²) in [4.78, 5) is 4.07. The molecule has 1 unspecified atom stereocenters. The van der Waals surface area contributed by atoms with Crippen molar-refractivity contribution in [3.8, 4) is 0 Å². The van der Waals surface area contributed by atoms with E-state index in [4.69, 9.17) is 16.7 Å². The summed E-state index contributed by atoms with van der Waals surface area (Å²) in [6, 6.07) is 3.67. The SMILES string of the molecule is Cc1cc(Cl)nc(NC(C)CO)c1. The van der Waals surface area contributed by atoms with Crippen molar-refractivity contribution < 1.29 is 5.11 Å². The van der Waals surface area contributed by atoms with E-state index in [0.29, 0.717) is 11.0 Å². The Morgan fingerprint density at radius 3 is 2.85 bits per heavy atom. The van der Waals surface area contributed by atoms with E-state index in [1.807, 2.05) is 19.9 Å². The quantitative estimate of drug-likeness (QED) is 0.732. The molecule has 0 saturated heterocycles. The Morgan fingerprint density at radius 2 is 2.31 bits per heavy atom. The lowest BCUT2D eigenvalue weighted by atomic mass is 10.3. The zero-order valence-electron chi connectivity index (χ0n) is 7.71. The van der Waals surface area contributed by atoms with Crippen LogP contribution < -0.4 is 5.32 Å². The van der Waals surface area contributed by atoms with Crippen molar-refractivity contribution in [1.29, 1.82) is 0 Å². The molecule has 72 valence electrons. The van der Waals surface area contributed by atoms with Gasteiger partial charge in [0.1, 0.15) is 11.0 Å². The van der Waals surface area contributed by atoms with Gasteiger partial charge in [-0.3, -0.25) is 0 Å². The number of aryl methyl sites for hydroxylation is 1. The summed E-state index contributed by atoms with van der Waals surface area (Å²) < 4.78 is 0. The molecule has 1 atom stereocenters. The highest BCUT2D eigenvalue weighted by Crippen LogP contribution is 2.13. The molecule has 0 amide bonds. The smallest absolute Gasteiger partial charge is 0.131 e. The third kappa shape index (κ3) is 3.20. The van der Waals surface area contributed by atoms with Crippen LogP contribution in [0.1, 0.15) is 12.5 Å². The Bertz CT molecular complexity index is 271. The molecular weight excluding hydrogens is 188 g/mol. The van der Waals surface area contributed by atoms with Crippen LogP contribution in [-0.4, -0.2) is 22.7 Å². The minimum absolute atomic E-state index is 0.00892. The first kappa shape index (κ1) is 10.3. The van der Waals surface area contributed by atoms with Crippen LogP contribution in [0.4, 0.5) is 5.82 Å². The van der Waals surface area contributed by atoms with E-state index < -0.39 is 0 Å². The van der Waals surface area contributed by atoms with E-state index in [1.165, 1.54) is 0 Å². The highest BCUT2D eigenvalue weighted by molar-refractivity contribution is 6.29. The minimum Gasteiger partial charge on any atom is -0.394 e. The van der Waals surface area contributed by atoms with Crippen LogP contribution in [0.15, 0.2) is 12.1 Å². The number of halogens is 1. The second-order valence-electron chi connectivity index (χ2n) is 3.08. The Hall–Kier alpha value is -0.800. The number of nitrogens with zero attached hydrogens (tertiary/aromatic N) is 1. The number of nitrogens with one attached hydrogen (secondary N) is 1. The summed E-state index contributed by atoms with van der Waals surface area (Å²) in [5, 5.41) is 12.3. The third-order valence-electron chi connectivity index (χ3n) is 1.61. The Morgan fingerprint density at radius 1 is 1.62 bits per heavy atom. The summed E-state index contributed by atoms with van der Waals surface area (Å²) in [6.45, 7) is 3.90. The van der Waals surface area contributed by atoms with Gasteiger partial charge in [0.2, 0.25) is 0 Å². The van der Waals surface area contributed by atoms with E-state index in [-0.39, 0.29) is 12.6 Å². The van der Waals surface area contributed by atoms with Crippen LogP contribution in [0.25, 0.3) is 0 Å². The number of rotatable bonds is 3. The van der Waals surface area contributed by atoms with Crippen molar-refractivity contribution >= 4 is 17.4 Å². The van der Waals surface area contributed by atoms with Gasteiger partial charge in [-0.05, 0) is 31.5 Å². The van der Waals surface area contributed by atoms with Crippen molar-refractivity contribution in [3.05, 3.63) is 22.8 Å². The molecule has 1 heterocycles. The molecule has 0 saturated carbocycles. The number of anilines is 1. The predicted octanol–water partition coefficient (Wildman–Crippen LogP) is 1.84. The lowest BCUT2D eigenvalue weighted by molar-refractivity contribution is 0.281.